The van der Waals surface area contributed by atoms with Crippen LogP contribution in [0.15, 0.2) is 24.3 Å². The van der Waals surface area contributed by atoms with Gasteiger partial charge in [0.25, 0.3) is 0 Å². The first kappa shape index (κ1) is 7.50. The van der Waals surface area contributed by atoms with Crippen molar-refractivity contribution >= 4 is 10.4 Å². The summed E-state index contributed by atoms with van der Waals surface area (Å²) >= 11 is 0. The van der Waals surface area contributed by atoms with E-state index in [9.17, 15) is 0 Å². The van der Waals surface area contributed by atoms with Crippen molar-refractivity contribution in [3.05, 3.63) is 35.4 Å². The number of hydrogen-bond donors (Lipinski definition) is 1. The van der Waals surface area contributed by atoms with Gasteiger partial charge in [-0.25, -0.2) is 0 Å². The highest BCUT2D eigenvalue weighted by Crippen LogP contribution is 2.02. The van der Waals surface area contributed by atoms with Gasteiger partial charge in [0.1, 0.15) is 0 Å². The average Bonchev–Trinajstić information content (AvgIpc) is 1.88. The second-order valence-corrected chi connectivity index (χ2v) is 3.23. The standard InChI is InChI=1S/C8H13NSi/c1-7-3-2-4-8(5-7)6-9-10/h2-5,9H,6H2,1,10H3. The summed E-state index contributed by atoms with van der Waals surface area (Å²) in [7, 11) is 1.07. The van der Waals surface area contributed by atoms with Gasteiger partial charge in [-0.2, -0.15) is 0 Å². The lowest BCUT2D eigenvalue weighted by molar-refractivity contribution is 0.959. The molecule has 0 spiro atoms. The normalized spacial score (nSPS) is 10.1. The highest BCUT2D eigenvalue weighted by Gasteiger charge is 1.88. The summed E-state index contributed by atoms with van der Waals surface area (Å²) in [6.45, 7) is 3.14. The largest absolute Gasteiger partial charge is 0.342 e. The van der Waals surface area contributed by atoms with Gasteiger partial charge in [0.2, 0.25) is 0 Å². The summed E-state index contributed by atoms with van der Waals surface area (Å²) in [5.41, 5.74) is 2.73. The first-order valence-corrected chi connectivity index (χ1v) is 4.53. The fraction of sp³-hybridized carbons (Fsp3) is 0.250. The molecule has 1 N–H and O–H groups in total. The van der Waals surface area contributed by atoms with E-state index >= 15 is 0 Å². The van der Waals surface area contributed by atoms with Crippen molar-refractivity contribution in [1.29, 1.82) is 0 Å². The third-order valence-electron chi connectivity index (χ3n) is 1.46. The average molecular weight is 151 g/mol. The molecule has 0 amide bonds. The van der Waals surface area contributed by atoms with Gasteiger partial charge in [-0.1, -0.05) is 29.8 Å². The Morgan fingerprint density at radius 2 is 2.30 bits per heavy atom. The summed E-state index contributed by atoms with van der Waals surface area (Å²) < 4.78 is 0. The minimum Gasteiger partial charge on any atom is -0.342 e. The van der Waals surface area contributed by atoms with E-state index in [2.05, 4.69) is 36.2 Å². The molecule has 1 rings (SSSR count). The maximum atomic E-state index is 3.25. The van der Waals surface area contributed by atoms with Gasteiger partial charge in [0.15, 0.2) is 0 Å². The number of hydrogen-bond acceptors (Lipinski definition) is 1. The Balaban J connectivity index is 2.75. The van der Waals surface area contributed by atoms with Gasteiger partial charge in [0, 0.05) is 6.54 Å². The van der Waals surface area contributed by atoms with Gasteiger partial charge in [0.05, 0.1) is 10.4 Å². The molecule has 0 aliphatic heterocycles. The maximum absolute atomic E-state index is 3.25. The summed E-state index contributed by atoms with van der Waals surface area (Å²) in [6, 6.07) is 8.59. The van der Waals surface area contributed by atoms with Crippen LogP contribution in [0.2, 0.25) is 0 Å². The van der Waals surface area contributed by atoms with Crippen LogP contribution in [0.4, 0.5) is 0 Å². The summed E-state index contributed by atoms with van der Waals surface area (Å²) in [5, 5.41) is 0. The Kier molecular flexibility index (Phi) is 2.65. The number of benzene rings is 1. The highest BCUT2D eigenvalue weighted by molar-refractivity contribution is 6.04. The molecule has 0 heterocycles. The van der Waals surface area contributed by atoms with Crippen LogP contribution in [0.25, 0.3) is 0 Å². The summed E-state index contributed by atoms with van der Waals surface area (Å²) in [6.07, 6.45) is 0. The van der Waals surface area contributed by atoms with Crippen LogP contribution >= 0.6 is 0 Å². The molecule has 0 fully saturated rings. The molecule has 0 atom stereocenters. The molecule has 1 nitrogen and oxygen atoms in total. The van der Waals surface area contributed by atoms with Crippen molar-refractivity contribution < 1.29 is 0 Å². The maximum Gasteiger partial charge on any atom is 0.0753 e. The van der Waals surface area contributed by atoms with Crippen molar-refractivity contribution in [3.63, 3.8) is 0 Å². The third kappa shape index (κ3) is 1.97. The molecule has 54 valence electrons. The zero-order valence-corrected chi connectivity index (χ0v) is 8.52. The van der Waals surface area contributed by atoms with Crippen LogP contribution in [0.5, 0.6) is 0 Å². The van der Waals surface area contributed by atoms with E-state index in [4.69, 9.17) is 0 Å². The van der Waals surface area contributed by atoms with E-state index in [1.807, 2.05) is 0 Å². The molecule has 0 unspecified atom stereocenters. The Morgan fingerprint density at radius 3 is 2.90 bits per heavy atom. The molecule has 0 radical (unpaired) electrons. The van der Waals surface area contributed by atoms with Gasteiger partial charge in [-0.15, -0.1) is 0 Å². The van der Waals surface area contributed by atoms with Crippen molar-refractivity contribution in [2.75, 3.05) is 0 Å². The number of nitrogens with one attached hydrogen (secondary N) is 1. The molecule has 0 aliphatic carbocycles. The van der Waals surface area contributed by atoms with Crippen LogP contribution in [-0.4, -0.2) is 10.4 Å². The molecule has 0 bridgehead atoms. The predicted octanol–water partition coefficient (Wildman–Crippen LogP) is 0.365. The fourth-order valence-corrected chi connectivity index (χ4v) is 1.43. The Labute approximate surface area is 65.0 Å². The molecule has 2 heteroatoms. The Bertz CT molecular complexity index is 210. The number of aryl methyl sites for hydroxylation is 1. The zero-order valence-electron chi connectivity index (χ0n) is 6.52. The van der Waals surface area contributed by atoms with Gasteiger partial charge >= 0.3 is 0 Å². The van der Waals surface area contributed by atoms with Crippen molar-refractivity contribution in [1.82, 2.24) is 4.98 Å². The molecule has 10 heavy (non-hydrogen) atoms. The van der Waals surface area contributed by atoms with E-state index in [1.54, 1.807) is 0 Å². The first-order valence-electron chi connectivity index (χ1n) is 3.53. The second-order valence-electron chi connectivity index (χ2n) is 2.52. The smallest absolute Gasteiger partial charge is 0.0753 e. The third-order valence-corrected chi connectivity index (χ3v) is 1.82. The lowest BCUT2D eigenvalue weighted by atomic mass is 10.1. The Morgan fingerprint density at radius 1 is 1.50 bits per heavy atom. The van der Waals surface area contributed by atoms with Crippen molar-refractivity contribution in [2.24, 2.45) is 0 Å². The van der Waals surface area contributed by atoms with Crippen LogP contribution < -0.4 is 4.98 Å². The van der Waals surface area contributed by atoms with Gasteiger partial charge in [-0.05, 0) is 12.5 Å². The molecule has 0 saturated heterocycles. The monoisotopic (exact) mass is 151 g/mol. The van der Waals surface area contributed by atoms with Gasteiger partial charge < -0.3 is 4.98 Å². The van der Waals surface area contributed by atoms with Crippen LogP contribution in [0.3, 0.4) is 0 Å². The zero-order chi connectivity index (χ0) is 7.40. The quantitative estimate of drug-likeness (QED) is 0.602. The lowest BCUT2D eigenvalue weighted by Crippen LogP contribution is -2.06. The predicted molar refractivity (Wildman–Crippen MR) is 48.0 cm³/mol. The molecular formula is C8H13NSi. The first-order chi connectivity index (χ1) is 4.83. The molecule has 0 aromatic heterocycles. The molecule has 0 saturated carbocycles. The molecule has 1 aromatic rings. The van der Waals surface area contributed by atoms with Gasteiger partial charge in [-0.3, -0.25) is 0 Å². The lowest BCUT2D eigenvalue weighted by Gasteiger charge is -1.99. The minimum atomic E-state index is 1.02. The van der Waals surface area contributed by atoms with Crippen LogP contribution in [-0.2, 0) is 6.54 Å². The molecular weight excluding hydrogens is 138 g/mol. The minimum absolute atomic E-state index is 1.02. The molecule has 0 aliphatic rings. The van der Waals surface area contributed by atoms with E-state index in [0.717, 1.165) is 16.9 Å². The topological polar surface area (TPSA) is 12.0 Å². The van der Waals surface area contributed by atoms with E-state index in [0.29, 0.717) is 0 Å². The fourth-order valence-electron chi connectivity index (χ4n) is 1.03. The van der Waals surface area contributed by atoms with E-state index < -0.39 is 0 Å². The highest BCUT2D eigenvalue weighted by atomic mass is 28.2. The van der Waals surface area contributed by atoms with Crippen molar-refractivity contribution in [2.45, 2.75) is 13.5 Å². The summed E-state index contributed by atoms with van der Waals surface area (Å²) in [4.78, 5) is 3.25. The summed E-state index contributed by atoms with van der Waals surface area (Å²) in [5.74, 6) is 0. The van der Waals surface area contributed by atoms with Crippen LogP contribution in [0, 0.1) is 6.92 Å². The Hall–Kier alpha value is -0.603. The van der Waals surface area contributed by atoms with E-state index in [1.165, 1.54) is 11.1 Å². The van der Waals surface area contributed by atoms with E-state index in [-0.39, 0.29) is 0 Å². The van der Waals surface area contributed by atoms with Crippen LogP contribution in [0.1, 0.15) is 11.1 Å². The second kappa shape index (κ2) is 3.54. The SMILES string of the molecule is Cc1cccc(CN[SiH3])c1. The molecule has 1 aromatic carbocycles. The van der Waals surface area contributed by atoms with Crippen molar-refractivity contribution in [3.8, 4) is 0 Å². The number of rotatable bonds is 2.